The van der Waals surface area contributed by atoms with Gasteiger partial charge in [-0.25, -0.2) is 0 Å². The summed E-state index contributed by atoms with van der Waals surface area (Å²) in [6.45, 7) is 0. The van der Waals surface area contributed by atoms with Crippen molar-refractivity contribution in [3.63, 3.8) is 0 Å². The summed E-state index contributed by atoms with van der Waals surface area (Å²) < 4.78 is 29.1. The van der Waals surface area contributed by atoms with Crippen LogP contribution in [0.2, 0.25) is 0 Å². The third-order valence-electron chi connectivity index (χ3n) is 1.43. The molecule has 0 aromatic heterocycles. The van der Waals surface area contributed by atoms with E-state index in [2.05, 4.69) is 0 Å². The zero-order valence-corrected chi connectivity index (χ0v) is 10.2. The zero-order valence-electron chi connectivity index (χ0n) is 9.41. The fraction of sp³-hybridized carbons (Fsp3) is 0.333. The molecule has 0 atom stereocenters. The topological polar surface area (TPSA) is 111 Å². The Kier molecular flexibility index (Phi) is 5.95. The maximum Gasteiger partial charge on any atom is 0.283 e. The minimum Gasteiger partial charge on any atom is -0.383 e. The summed E-state index contributed by atoms with van der Waals surface area (Å²) in [5.41, 5.74) is -0.258. The second-order valence-electron chi connectivity index (χ2n) is 3.23. The van der Waals surface area contributed by atoms with Crippen LogP contribution in [0.5, 0.6) is 0 Å². The molecule has 8 heteroatoms. The third-order valence-corrected chi connectivity index (χ3v) is 1.94. The van der Waals surface area contributed by atoms with Gasteiger partial charge >= 0.3 is 0 Å². The highest BCUT2D eigenvalue weighted by molar-refractivity contribution is 7.85. The van der Waals surface area contributed by atoms with Crippen molar-refractivity contribution in [3.8, 4) is 6.07 Å². The Labute approximate surface area is 99.8 Å². The van der Waals surface area contributed by atoms with Crippen molar-refractivity contribution in [1.29, 1.82) is 5.26 Å². The number of allylic oxidation sites excluding steroid dienone is 2. The van der Waals surface area contributed by atoms with Crippen molar-refractivity contribution in [1.82, 2.24) is 10.2 Å². The quantitative estimate of drug-likeness (QED) is 0.297. The summed E-state index contributed by atoms with van der Waals surface area (Å²) in [6, 6.07) is 1.61. The molecule has 0 aliphatic rings. The van der Waals surface area contributed by atoms with Gasteiger partial charge in [-0.05, 0) is 18.4 Å². The summed E-state index contributed by atoms with van der Waals surface area (Å²) in [5, 5.41) is 10.5. The number of nitriles is 1. The highest BCUT2D eigenvalue weighted by atomic mass is 32.2. The molecule has 0 aliphatic heterocycles. The molecule has 0 aromatic carbocycles. The van der Waals surface area contributed by atoms with E-state index in [1.807, 2.05) is 5.32 Å². The van der Waals surface area contributed by atoms with Crippen molar-refractivity contribution < 1.29 is 17.8 Å². The van der Waals surface area contributed by atoms with Crippen LogP contribution in [-0.2, 0) is 14.9 Å². The number of rotatable bonds is 5. The van der Waals surface area contributed by atoms with Crippen LogP contribution in [0.15, 0.2) is 23.9 Å². The number of nitrogens with zero attached hydrogens (tertiary/aromatic N) is 2. The van der Waals surface area contributed by atoms with Gasteiger partial charge in [0.1, 0.15) is 17.5 Å². The molecule has 0 saturated heterocycles. The first kappa shape index (κ1) is 15.2. The molecule has 2 N–H and O–H groups in total. The number of carbonyl (C=O) groups is 1. The van der Waals surface area contributed by atoms with Crippen molar-refractivity contribution in [3.05, 3.63) is 23.9 Å². The minimum atomic E-state index is -4.29. The van der Waals surface area contributed by atoms with Crippen LogP contribution in [0.1, 0.15) is 0 Å². The monoisotopic (exact) mass is 259 g/mol. The molecule has 0 aliphatic carbocycles. The molecule has 1 amide bonds. The van der Waals surface area contributed by atoms with Gasteiger partial charge in [0, 0.05) is 14.1 Å². The van der Waals surface area contributed by atoms with Gasteiger partial charge in [-0.1, -0.05) is 0 Å². The lowest BCUT2D eigenvalue weighted by Crippen LogP contribution is -2.30. The molecule has 0 bridgehead atoms. The maximum atomic E-state index is 11.3. The summed E-state index contributed by atoms with van der Waals surface area (Å²) in [7, 11) is -0.772. The summed E-state index contributed by atoms with van der Waals surface area (Å²) in [6.07, 6.45) is 4.30. The van der Waals surface area contributed by atoms with E-state index in [0.717, 1.165) is 0 Å². The van der Waals surface area contributed by atoms with Crippen LogP contribution >= 0.6 is 0 Å². The Morgan fingerprint density at radius 3 is 2.53 bits per heavy atom. The van der Waals surface area contributed by atoms with Crippen molar-refractivity contribution in [2.75, 3.05) is 20.0 Å². The molecule has 0 fully saturated rings. The van der Waals surface area contributed by atoms with Gasteiger partial charge in [-0.2, -0.15) is 13.7 Å². The van der Waals surface area contributed by atoms with Gasteiger partial charge in [0.2, 0.25) is 0 Å². The van der Waals surface area contributed by atoms with Gasteiger partial charge in [-0.3, -0.25) is 9.35 Å². The lowest BCUT2D eigenvalue weighted by Gasteiger charge is -2.02. The molecule has 0 radical (unpaired) electrons. The molecule has 0 rings (SSSR count). The van der Waals surface area contributed by atoms with E-state index in [0.29, 0.717) is 0 Å². The minimum absolute atomic E-state index is 0.258. The Bertz CT molecular complexity index is 471. The second kappa shape index (κ2) is 6.67. The summed E-state index contributed by atoms with van der Waals surface area (Å²) in [4.78, 5) is 13.0. The van der Waals surface area contributed by atoms with Gasteiger partial charge < -0.3 is 10.2 Å². The Hall–Kier alpha value is -1.85. The van der Waals surface area contributed by atoms with Crippen LogP contribution in [0.25, 0.3) is 0 Å². The van der Waals surface area contributed by atoms with Crippen molar-refractivity contribution in [2.24, 2.45) is 0 Å². The normalized spacial score (nSPS) is 12.2. The van der Waals surface area contributed by atoms with Crippen molar-refractivity contribution in [2.45, 2.75) is 0 Å². The first-order valence-corrected chi connectivity index (χ1v) is 6.05. The molecule has 94 valence electrons. The molecule has 0 saturated carbocycles. The summed E-state index contributed by atoms with van der Waals surface area (Å²) in [5.74, 6) is -1.80. The number of amides is 1. The van der Waals surface area contributed by atoms with Crippen LogP contribution < -0.4 is 5.32 Å². The number of carbonyl (C=O) groups excluding carboxylic acids is 1. The molecule has 0 heterocycles. The molecular formula is C9H13N3O4S. The van der Waals surface area contributed by atoms with E-state index >= 15 is 0 Å². The van der Waals surface area contributed by atoms with Gasteiger partial charge in [-0.15, -0.1) is 0 Å². The first-order chi connectivity index (χ1) is 7.76. The number of hydrogen-bond acceptors (Lipinski definition) is 5. The van der Waals surface area contributed by atoms with Gasteiger partial charge in [0.15, 0.2) is 0 Å². The van der Waals surface area contributed by atoms with E-state index in [1.54, 1.807) is 31.3 Å². The van der Waals surface area contributed by atoms with E-state index in [4.69, 9.17) is 9.81 Å². The van der Waals surface area contributed by atoms with Crippen LogP contribution in [0.4, 0.5) is 0 Å². The highest BCUT2D eigenvalue weighted by Gasteiger charge is 2.11. The fourth-order valence-electron chi connectivity index (χ4n) is 0.727. The van der Waals surface area contributed by atoms with E-state index in [9.17, 15) is 13.2 Å². The smallest absolute Gasteiger partial charge is 0.283 e. The fourth-order valence-corrected chi connectivity index (χ4v) is 1.04. The number of hydrogen-bond donors (Lipinski definition) is 2. The molecular weight excluding hydrogens is 246 g/mol. The standard InChI is InChI=1S/C9H13N3O4S/c1-12(2)5-3-4-8(6-10)9(13)11-7-17(14,15)16/h3-5H,7H2,1-2H3,(H,11,13)(H,14,15,16). The van der Waals surface area contributed by atoms with Crippen molar-refractivity contribution >= 4 is 16.0 Å². The lowest BCUT2D eigenvalue weighted by atomic mass is 10.2. The average molecular weight is 259 g/mol. The lowest BCUT2D eigenvalue weighted by molar-refractivity contribution is -0.116. The molecule has 0 unspecified atom stereocenters. The first-order valence-electron chi connectivity index (χ1n) is 4.44. The second-order valence-corrected chi connectivity index (χ2v) is 4.68. The molecule has 17 heavy (non-hydrogen) atoms. The Balaban J connectivity index is 4.59. The molecule has 0 spiro atoms. The highest BCUT2D eigenvalue weighted by Crippen LogP contribution is 1.94. The molecule has 0 aromatic rings. The third kappa shape index (κ3) is 8.01. The maximum absolute atomic E-state index is 11.3. The number of nitrogens with one attached hydrogen (secondary N) is 1. The van der Waals surface area contributed by atoms with Crippen LogP contribution in [0.3, 0.4) is 0 Å². The predicted molar refractivity (Wildman–Crippen MR) is 61.1 cm³/mol. The predicted octanol–water partition coefficient (Wildman–Crippen LogP) is -0.527. The Morgan fingerprint density at radius 2 is 2.12 bits per heavy atom. The van der Waals surface area contributed by atoms with Gasteiger partial charge in [0.05, 0.1) is 0 Å². The van der Waals surface area contributed by atoms with E-state index in [1.165, 1.54) is 12.2 Å². The SMILES string of the molecule is CN(C)C=CC=C(C#N)C(=O)NCS(=O)(=O)O. The Morgan fingerprint density at radius 1 is 1.53 bits per heavy atom. The summed E-state index contributed by atoms with van der Waals surface area (Å²) >= 11 is 0. The van der Waals surface area contributed by atoms with Crippen LogP contribution in [-0.4, -0.2) is 43.7 Å². The van der Waals surface area contributed by atoms with E-state index < -0.39 is 21.9 Å². The zero-order chi connectivity index (χ0) is 13.5. The van der Waals surface area contributed by atoms with Crippen LogP contribution in [0, 0.1) is 11.3 Å². The molecule has 7 nitrogen and oxygen atoms in total. The largest absolute Gasteiger partial charge is 0.383 e. The van der Waals surface area contributed by atoms with E-state index in [-0.39, 0.29) is 5.57 Å². The van der Waals surface area contributed by atoms with Gasteiger partial charge in [0.25, 0.3) is 16.0 Å². The average Bonchev–Trinajstić information content (AvgIpc) is 2.19.